The molecule has 126 valence electrons. The van der Waals surface area contributed by atoms with Crippen LogP contribution in [0.5, 0.6) is 5.75 Å². The highest BCUT2D eigenvalue weighted by atomic mass is 79.9. The molecule has 0 spiro atoms. The molecule has 1 aromatic carbocycles. The summed E-state index contributed by atoms with van der Waals surface area (Å²) in [6.07, 6.45) is 15.0. The van der Waals surface area contributed by atoms with Crippen LogP contribution in [0.2, 0.25) is 0 Å². The molecule has 0 heterocycles. The Hall–Kier alpha value is -0.500. The molecule has 0 radical (unpaired) electrons. The highest BCUT2D eigenvalue weighted by Gasteiger charge is 2.10. The van der Waals surface area contributed by atoms with Crippen LogP contribution in [-0.4, -0.2) is 5.11 Å². The fraction of sp³-hybridized carbons (Fsp3) is 0.700. The van der Waals surface area contributed by atoms with E-state index in [1.807, 2.05) is 12.1 Å². The van der Waals surface area contributed by atoms with Crippen molar-refractivity contribution in [1.29, 1.82) is 0 Å². The third-order valence-corrected chi connectivity index (χ3v) is 5.35. The van der Waals surface area contributed by atoms with Crippen molar-refractivity contribution in [3.05, 3.63) is 29.3 Å². The van der Waals surface area contributed by atoms with Gasteiger partial charge in [0.05, 0.1) is 0 Å². The average Bonchev–Trinajstić information content (AvgIpc) is 2.49. The molecule has 1 aromatic rings. The molecule has 0 aliphatic rings. The van der Waals surface area contributed by atoms with Crippen molar-refractivity contribution in [3.63, 3.8) is 0 Å². The normalized spacial score (nSPS) is 12.5. The van der Waals surface area contributed by atoms with Crippen molar-refractivity contribution in [2.24, 2.45) is 0 Å². The van der Waals surface area contributed by atoms with Gasteiger partial charge in [0, 0.05) is 4.83 Å². The summed E-state index contributed by atoms with van der Waals surface area (Å²) in [4.78, 5) is 0.419. The summed E-state index contributed by atoms with van der Waals surface area (Å²) in [7, 11) is 0. The molecule has 2 heteroatoms. The van der Waals surface area contributed by atoms with Gasteiger partial charge in [0.2, 0.25) is 0 Å². The maximum absolute atomic E-state index is 9.47. The van der Waals surface area contributed by atoms with Crippen LogP contribution in [0.25, 0.3) is 0 Å². The second-order valence-electron chi connectivity index (χ2n) is 6.48. The first-order valence-electron chi connectivity index (χ1n) is 9.08. The SMILES string of the molecule is CCCCCCCCCCCCC(Br)c1ccc(O)cc1C. The van der Waals surface area contributed by atoms with Crippen LogP contribution in [-0.2, 0) is 0 Å². The molecule has 1 atom stereocenters. The first kappa shape index (κ1) is 19.5. The molecule has 1 nitrogen and oxygen atoms in total. The Morgan fingerprint density at radius 2 is 1.45 bits per heavy atom. The second-order valence-corrected chi connectivity index (χ2v) is 7.58. The number of halogens is 1. The summed E-state index contributed by atoms with van der Waals surface area (Å²) in [5, 5.41) is 9.47. The van der Waals surface area contributed by atoms with Crippen molar-refractivity contribution < 1.29 is 5.11 Å². The van der Waals surface area contributed by atoms with Gasteiger partial charge in [-0.1, -0.05) is 93.1 Å². The number of alkyl halides is 1. The number of hydrogen-bond acceptors (Lipinski definition) is 1. The Bertz CT molecular complexity index is 403. The molecular weight excluding hydrogens is 336 g/mol. The van der Waals surface area contributed by atoms with Gasteiger partial charge in [-0.05, 0) is 36.6 Å². The van der Waals surface area contributed by atoms with Crippen molar-refractivity contribution in [1.82, 2.24) is 0 Å². The molecule has 0 aliphatic carbocycles. The lowest BCUT2D eigenvalue weighted by atomic mass is 10.0. The Morgan fingerprint density at radius 1 is 0.909 bits per heavy atom. The smallest absolute Gasteiger partial charge is 0.115 e. The topological polar surface area (TPSA) is 20.2 Å². The van der Waals surface area contributed by atoms with Crippen LogP contribution in [0.3, 0.4) is 0 Å². The lowest BCUT2D eigenvalue weighted by Crippen LogP contribution is -1.94. The van der Waals surface area contributed by atoms with Gasteiger partial charge >= 0.3 is 0 Å². The predicted octanol–water partition coefficient (Wildman–Crippen LogP) is 7.45. The van der Waals surface area contributed by atoms with E-state index in [0.29, 0.717) is 10.6 Å². The number of rotatable bonds is 12. The fourth-order valence-corrected chi connectivity index (χ4v) is 3.82. The minimum atomic E-state index is 0.361. The molecule has 22 heavy (non-hydrogen) atoms. The standard InChI is InChI=1S/C20H33BrO/c1-3-4-5-6-7-8-9-10-11-12-13-20(21)19-15-14-18(22)16-17(19)2/h14-16,20,22H,3-13H2,1-2H3. The Balaban J connectivity index is 2.04. The fourth-order valence-electron chi connectivity index (χ4n) is 2.98. The van der Waals surface area contributed by atoms with E-state index < -0.39 is 0 Å². The zero-order chi connectivity index (χ0) is 16.2. The first-order valence-corrected chi connectivity index (χ1v) is 10.00. The summed E-state index contributed by atoms with van der Waals surface area (Å²) in [5.41, 5.74) is 2.49. The maximum Gasteiger partial charge on any atom is 0.115 e. The number of hydrogen-bond donors (Lipinski definition) is 1. The number of aryl methyl sites for hydroxylation is 1. The quantitative estimate of drug-likeness (QED) is 0.300. The molecule has 1 rings (SSSR count). The Kier molecular flexibility index (Phi) is 10.7. The van der Waals surface area contributed by atoms with Crippen molar-refractivity contribution in [3.8, 4) is 5.75 Å². The summed E-state index contributed by atoms with van der Waals surface area (Å²) in [5.74, 6) is 0.361. The summed E-state index contributed by atoms with van der Waals surface area (Å²) < 4.78 is 0. The minimum absolute atomic E-state index is 0.361. The summed E-state index contributed by atoms with van der Waals surface area (Å²) in [6, 6.07) is 5.68. The predicted molar refractivity (Wildman–Crippen MR) is 101 cm³/mol. The van der Waals surface area contributed by atoms with Gasteiger partial charge < -0.3 is 5.11 Å². The highest BCUT2D eigenvalue weighted by molar-refractivity contribution is 9.09. The molecule has 0 amide bonds. The zero-order valence-electron chi connectivity index (χ0n) is 14.4. The van der Waals surface area contributed by atoms with Crippen LogP contribution >= 0.6 is 15.9 Å². The molecule has 0 bridgehead atoms. The van der Waals surface area contributed by atoms with Gasteiger partial charge in [-0.2, -0.15) is 0 Å². The molecule has 0 saturated carbocycles. The van der Waals surface area contributed by atoms with Crippen molar-refractivity contribution >= 4 is 15.9 Å². The molecule has 0 saturated heterocycles. The summed E-state index contributed by atoms with van der Waals surface area (Å²) in [6.45, 7) is 4.35. The molecule has 0 aliphatic heterocycles. The average molecular weight is 369 g/mol. The third kappa shape index (κ3) is 8.22. The number of unbranched alkanes of at least 4 members (excludes halogenated alkanes) is 9. The monoisotopic (exact) mass is 368 g/mol. The first-order chi connectivity index (χ1) is 10.6. The van der Waals surface area contributed by atoms with Gasteiger partial charge in [0.1, 0.15) is 5.75 Å². The lowest BCUT2D eigenvalue weighted by Gasteiger charge is -2.13. The lowest BCUT2D eigenvalue weighted by molar-refractivity contribution is 0.474. The number of aromatic hydroxyl groups is 1. The number of phenolic OH excluding ortho intramolecular Hbond substituents is 1. The van der Waals surface area contributed by atoms with Gasteiger partial charge in [0.25, 0.3) is 0 Å². The van der Waals surface area contributed by atoms with Crippen LogP contribution in [0, 0.1) is 6.92 Å². The van der Waals surface area contributed by atoms with E-state index >= 15 is 0 Å². The Morgan fingerprint density at radius 3 is 2.00 bits per heavy atom. The van der Waals surface area contributed by atoms with Gasteiger partial charge in [-0.15, -0.1) is 0 Å². The van der Waals surface area contributed by atoms with Crippen LogP contribution < -0.4 is 0 Å². The van der Waals surface area contributed by atoms with Crippen molar-refractivity contribution in [2.45, 2.75) is 89.3 Å². The van der Waals surface area contributed by atoms with E-state index in [0.717, 1.165) is 0 Å². The largest absolute Gasteiger partial charge is 0.508 e. The molecule has 0 aromatic heterocycles. The highest BCUT2D eigenvalue weighted by Crippen LogP contribution is 2.32. The number of phenols is 1. The van der Waals surface area contributed by atoms with Gasteiger partial charge in [0.15, 0.2) is 0 Å². The minimum Gasteiger partial charge on any atom is -0.508 e. The maximum atomic E-state index is 9.47. The zero-order valence-corrected chi connectivity index (χ0v) is 16.0. The van der Waals surface area contributed by atoms with Gasteiger partial charge in [-0.3, -0.25) is 0 Å². The molecule has 1 N–H and O–H groups in total. The van der Waals surface area contributed by atoms with E-state index in [-0.39, 0.29) is 0 Å². The summed E-state index contributed by atoms with van der Waals surface area (Å²) >= 11 is 3.80. The molecule has 0 fully saturated rings. The number of benzene rings is 1. The third-order valence-electron chi connectivity index (χ3n) is 4.40. The molecule has 1 unspecified atom stereocenters. The van der Waals surface area contributed by atoms with Crippen LogP contribution in [0.1, 0.15) is 93.5 Å². The van der Waals surface area contributed by atoms with Crippen LogP contribution in [0.4, 0.5) is 0 Å². The van der Waals surface area contributed by atoms with Crippen molar-refractivity contribution in [2.75, 3.05) is 0 Å². The van der Waals surface area contributed by atoms with Gasteiger partial charge in [-0.25, -0.2) is 0 Å². The second kappa shape index (κ2) is 12.0. The van der Waals surface area contributed by atoms with E-state index in [2.05, 4.69) is 29.8 Å². The van der Waals surface area contributed by atoms with Crippen LogP contribution in [0.15, 0.2) is 18.2 Å². The van der Waals surface area contributed by atoms with E-state index in [4.69, 9.17) is 0 Å². The van der Waals surface area contributed by atoms with E-state index in [9.17, 15) is 5.11 Å². The molecular formula is C20H33BrO. The van der Waals surface area contributed by atoms with E-state index in [1.165, 1.54) is 81.8 Å². The van der Waals surface area contributed by atoms with E-state index in [1.54, 1.807) is 6.07 Å². The Labute approximate surface area is 145 Å².